The Morgan fingerprint density at radius 3 is 1.73 bits per heavy atom. The van der Waals surface area contributed by atoms with Gasteiger partial charge in [-0.3, -0.25) is 4.79 Å². The molecule has 0 radical (unpaired) electrons. The first-order valence-corrected chi connectivity index (χ1v) is 25.7. The van der Waals surface area contributed by atoms with Gasteiger partial charge in [-0.1, -0.05) is 19.9 Å². The summed E-state index contributed by atoms with van der Waals surface area (Å²) in [6, 6.07) is 1.74. The van der Waals surface area contributed by atoms with Crippen LogP contribution in [0.2, 0.25) is 77.6 Å². The van der Waals surface area contributed by atoms with Crippen LogP contribution in [0.25, 0.3) is 0 Å². The summed E-state index contributed by atoms with van der Waals surface area (Å²) in [6.07, 6.45) is 3.12. The zero-order chi connectivity index (χ0) is 23.9. The number of rotatable bonds is 15. The third kappa shape index (κ3) is 14.2. The lowest BCUT2D eigenvalue weighted by atomic mass is 10.4. The maximum atomic E-state index is 11.5. The molecule has 0 saturated heterocycles. The Hall–Kier alpha value is 0.134. The first-order chi connectivity index (χ1) is 13.3. The molecular weight excluding hydrogens is 463 g/mol. The molecule has 0 bridgehead atoms. The second kappa shape index (κ2) is 11.8. The molecule has 2 unspecified atom stereocenters. The SMILES string of the molecule is C=CC(=O)NCCC[Si](C)(O[Si](C)(C)O[Si](C)(C)C)O[Si](C)(CCC)O[Si](C)(C)C. The highest BCUT2D eigenvalue weighted by Gasteiger charge is 2.48. The highest BCUT2D eigenvalue weighted by molar-refractivity contribution is 6.90. The largest absolute Gasteiger partial charge is 0.437 e. The third-order valence-electron chi connectivity index (χ3n) is 3.96. The van der Waals surface area contributed by atoms with Crippen molar-refractivity contribution >= 4 is 48.2 Å². The van der Waals surface area contributed by atoms with E-state index in [1.807, 2.05) is 0 Å². The zero-order valence-corrected chi connectivity index (χ0v) is 26.4. The zero-order valence-electron chi connectivity index (χ0n) is 21.4. The van der Waals surface area contributed by atoms with Crippen LogP contribution >= 0.6 is 0 Å². The Bertz CT molecular complexity index is 564. The van der Waals surface area contributed by atoms with E-state index in [9.17, 15) is 4.79 Å². The third-order valence-corrected chi connectivity index (χ3v) is 22.4. The average molecular weight is 510 g/mol. The Balaban J connectivity index is 5.61. The number of amides is 1. The number of hydrogen-bond acceptors (Lipinski definition) is 5. The lowest BCUT2D eigenvalue weighted by molar-refractivity contribution is -0.116. The van der Waals surface area contributed by atoms with E-state index in [2.05, 4.69) is 84.3 Å². The summed E-state index contributed by atoms with van der Waals surface area (Å²) in [7, 11) is -10.9. The monoisotopic (exact) mass is 509 g/mol. The van der Waals surface area contributed by atoms with Gasteiger partial charge in [-0.15, -0.1) is 0 Å². The van der Waals surface area contributed by atoms with Gasteiger partial charge in [-0.05, 0) is 90.1 Å². The van der Waals surface area contributed by atoms with Crippen LogP contribution in [0.1, 0.15) is 19.8 Å². The molecule has 0 aromatic rings. The quantitative estimate of drug-likeness (QED) is 0.175. The van der Waals surface area contributed by atoms with E-state index in [1.54, 1.807) is 0 Å². The standard InChI is InChI=1S/C19H47NO5Si5/c1-13-17-29(11,23-27(6,7)8)25-30(12,18-15-16-20-19(21)14-2)24-28(9,10)22-26(3,4)5/h14H,2,13,15-18H2,1,3-12H3,(H,20,21). The molecule has 0 fully saturated rings. The van der Waals surface area contributed by atoms with Crippen molar-refractivity contribution in [2.45, 2.75) is 97.3 Å². The molecule has 0 spiro atoms. The molecule has 1 N–H and O–H groups in total. The molecule has 0 aliphatic rings. The predicted octanol–water partition coefficient (Wildman–Crippen LogP) is 5.67. The molecule has 0 aliphatic heterocycles. The van der Waals surface area contributed by atoms with Gasteiger partial charge in [0, 0.05) is 6.54 Å². The first-order valence-electron chi connectivity index (χ1n) is 11.1. The minimum absolute atomic E-state index is 0.149. The van der Waals surface area contributed by atoms with Crippen molar-refractivity contribution in [1.29, 1.82) is 0 Å². The summed E-state index contributed by atoms with van der Waals surface area (Å²) in [5.41, 5.74) is 0. The topological polar surface area (TPSA) is 66.0 Å². The van der Waals surface area contributed by atoms with E-state index >= 15 is 0 Å². The fraction of sp³-hybridized carbons (Fsp3) is 0.842. The summed E-state index contributed by atoms with van der Waals surface area (Å²) >= 11 is 0. The fourth-order valence-corrected chi connectivity index (χ4v) is 27.7. The average Bonchev–Trinajstić information content (AvgIpc) is 2.45. The van der Waals surface area contributed by atoms with Crippen LogP contribution < -0.4 is 5.32 Å². The molecule has 2 atom stereocenters. The van der Waals surface area contributed by atoms with Crippen molar-refractivity contribution in [2.75, 3.05) is 6.54 Å². The van der Waals surface area contributed by atoms with Gasteiger partial charge in [0.15, 0.2) is 16.6 Å². The number of hydrogen-bond donors (Lipinski definition) is 1. The Kier molecular flexibility index (Phi) is 11.9. The molecule has 1 amide bonds. The van der Waals surface area contributed by atoms with Crippen LogP contribution in [-0.2, 0) is 21.3 Å². The molecule has 0 heterocycles. The van der Waals surface area contributed by atoms with Gasteiger partial charge in [-0.25, -0.2) is 0 Å². The summed E-state index contributed by atoms with van der Waals surface area (Å²) in [6.45, 7) is 28.1. The summed E-state index contributed by atoms with van der Waals surface area (Å²) in [5.74, 6) is -0.149. The molecule has 0 saturated carbocycles. The second-order valence-corrected chi connectivity index (χ2v) is 30.7. The van der Waals surface area contributed by atoms with Crippen molar-refractivity contribution in [2.24, 2.45) is 0 Å². The van der Waals surface area contributed by atoms with E-state index in [1.165, 1.54) is 6.08 Å². The number of carbonyl (C=O) groups excluding carboxylic acids is 1. The highest BCUT2D eigenvalue weighted by Crippen LogP contribution is 2.31. The van der Waals surface area contributed by atoms with Crippen LogP contribution in [-0.4, -0.2) is 54.8 Å². The summed E-state index contributed by atoms with van der Waals surface area (Å²) < 4.78 is 26.8. The number of carbonyl (C=O) groups is 1. The Labute approximate surface area is 191 Å². The van der Waals surface area contributed by atoms with Gasteiger partial charge in [0.25, 0.3) is 0 Å². The Morgan fingerprint density at radius 2 is 1.30 bits per heavy atom. The van der Waals surface area contributed by atoms with Gasteiger partial charge in [0.1, 0.15) is 0 Å². The van der Waals surface area contributed by atoms with E-state index in [0.717, 1.165) is 24.9 Å². The Morgan fingerprint density at radius 1 is 0.800 bits per heavy atom. The lowest BCUT2D eigenvalue weighted by Gasteiger charge is -2.44. The molecule has 0 aromatic heterocycles. The van der Waals surface area contributed by atoms with Crippen LogP contribution in [0.3, 0.4) is 0 Å². The first kappa shape index (κ1) is 30.1. The second-order valence-electron chi connectivity index (χ2n) is 10.6. The van der Waals surface area contributed by atoms with Crippen molar-refractivity contribution in [3.63, 3.8) is 0 Å². The van der Waals surface area contributed by atoms with E-state index in [-0.39, 0.29) is 5.91 Å². The van der Waals surface area contributed by atoms with E-state index in [4.69, 9.17) is 16.5 Å². The summed E-state index contributed by atoms with van der Waals surface area (Å²) in [4.78, 5) is 11.5. The minimum Gasteiger partial charge on any atom is -0.437 e. The maximum absolute atomic E-state index is 11.5. The molecule has 6 nitrogen and oxygen atoms in total. The number of nitrogens with one attached hydrogen (secondary N) is 1. The van der Waals surface area contributed by atoms with Crippen LogP contribution in [0.15, 0.2) is 12.7 Å². The normalized spacial score (nSPS) is 17.2. The van der Waals surface area contributed by atoms with Gasteiger partial charge >= 0.3 is 25.7 Å². The smallest absolute Gasteiger partial charge is 0.317 e. The summed E-state index contributed by atoms with van der Waals surface area (Å²) in [5, 5.41) is 2.86. The predicted molar refractivity (Wildman–Crippen MR) is 139 cm³/mol. The van der Waals surface area contributed by atoms with Crippen LogP contribution in [0.5, 0.6) is 0 Å². The van der Waals surface area contributed by atoms with Crippen molar-refractivity contribution < 1.29 is 21.3 Å². The fourth-order valence-electron chi connectivity index (χ4n) is 3.78. The molecular formula is C19H47NO5Si5. The van der Waals surface area contributed by atoms with Gasteiger partial charge in [0.05, 0.1) is 0 Å². The lowest BCUT2D eigenvalue weighted by Crippen LogP contribution is -2.60. The van der Waals surface area contributed by atoms with Crippen LogP contribution in [0, 0.1) is 0 Å². The van der Waals surface area contributed by atoms with E-state index in [0.29, 0.717) is 6.54 Å². The van der Waals surface area contributed by atoms with Gasteiger partial charge < -0.3 is 21.8 Å². The van der Waals surface area contributed by atoms with Crippen molar-refractivity contribution in [3.8, 4) is 0 Å². The maximum Gasteiger partial charge on any atom is 0.317 e. The molecule has 11 heteroatoms. The van der Waals surface area contributed by atoms with Gasteiger partial charge in [0.2, 0.25) is 5.91 Å². The highest BCUT2D eigenvalue weighted by atomic mass is 28.5. The van der Waals surface area contributed by atoms with E-state index < -0.39 is 42.3 Å². The van der Waals surface area contributed by atoms with Crippen molar-refractivity contribution in [1.82, 2.24) is 5.32 Å². The molecule has 0 aromatic carbocycles. The van der Waals surface area contributed by atoms with Crippen LogP contribution in [0.4, 0.5) is 0 Å². The van der Waals surface area contributed by atoms with Gasteiger partial charge in [-0.2, -0.15) is 0 Å². The van der Waals surface area contributed by atoms with Crippen molar-refractivity contribution in [3.05, 3.63) is 12.7 Å². The molecule has 0 rings (SSSR count). The minimum atomic E-state index is -2.60. The molecule has 30 heavy (non-hydrogen) atoms. The molecule has 178 valence electrons. The molecule has 0 aliphatic carbocycles.